The van der Waals surface area contributed by atoms with E-state index >= 15 is 0 Å². The molecule has 1 aromatic rings. The first-order chi connectivity index (χ1) is 11.7. The highest BCUT2D eigenvalue weighted by Gasteiger charge is 2.33. The lowest BCUT2D eigenvalue weighted by Gasteiger charge is -2.36. The van der Waals surface area contributed by atoms with Crippen LogP contribution in [0.4, 0.5) is 4.79 Å². The van der Waals surface area contributed by atoms with Gasteiger partial charge in [-0.15, -0.1) is 0 Å². The van der Waals surface area contributed by atoms with Gasteiger partial charge in [-0.1, -0.05) is 30.3 Å². The third-order valence-corrected chi connectivity index (χ3v) is 4.08. The van der Waals surface area contributed by atoms with Crippen LogP contribution in [0.3, 0.4) is 0 Å². The van der Waals surface area contributed by atoms with Crippen LogP contribution in [0.2, 0.25) is 0 Å². The lowest BCUT2D eigenvalue weighted by Crippen LogP contribution is -2.53. The van der Waals surface area contributed by atoms with E-state index in [0.717, 1.165) is 12.8 Å². The average molecular weight is 348 g/mol. The second kappa shape index (κ2) is 7.87. The van der Waals surface area contributed by atoms with Crippen LogP contribution in [0.5, 0.6) is 0 Å². The number of nitrogens with one attached hydrogen (secondary N) is 2. The zero-order chi connectivity index (χ0) is 18.5. The molecule has 1 saturated heterocycles. The molecule has 2 rings (SSSR count). The van der Waals surface area contributed by atoms with Crippen LogP contribution in [0.25, 0.3) is 0 Å². The molecular weight excluding hydrogens is 320 g/mol. The maximum atomic E-state index is 12.9. The monoisotopic (exact) mass is 348 g/mol. The number of hydrogen-bond donors (Lipinski definition) is 2. The van der Waals surface area contributed by atoms with Crippen LogP contribution in [0.15, 0.2) is 30.3 Å². The SMILES string of the molecule is CC1(NC(=O)C(NC(=O)OC(C)(C)C)c2ccccc2)CCOCC1. The molecule has 1 aliphatic rings. The molecule has 25 heavy (non-hydrogen) atoms. The summed E-state index contributed by atoms with van der Waals surface area (Å²) in [4.78, 5) is 25.1. The molecule has 1 fully saturated rings. The molecule has 6 nitrogen and oxygen atoms in total. The van der Waals surface area contributed by atoms with Crippen LogP contribution < -0.4 is 10.6 Å². The van der Waals surface area contributed by atoms with E-state index in [9.17, 15) is 9.59 Å². The van der Waals surface area contributed by atoms with Crippen molar-refractivity contribution in [3.05, 3.63) is 35.9 Å². The summed E-state index contributed by atoms with van der Waals surface area (Å²) in [6.45, 7) is 8.59. The van der Waals surface area contributed by atoms with Gasteiger partial charge in [-0.3, -0.25) is 4.79 Å². The zero-order valence-corrected chi connectivity index (χ0v) is 15.4. The first kappa shape index (κ1) is 19.2. The normalized spacial score (nSPS) is 18.1. The van der Waals surface area contributed by atoms with Crippen LogP contribution in [0.1, 0.15) is 52.1 Å². The highest BCUT2D eigenvalue weighted by Crippen LogP contribution is 2.22. The Morgan fingerprint density at radius 2 is 1.76 bits per heavy atom. The molecule has 6 heteroatoms. The molecule has 138 valence electrons. The van der Waals surface area contributed by atoms with Crippen molar-refractivity contribution in [3.8, 4) is 0 Å². The van der Waals surface area contributed by atoms with E-state index in [1.165, 1.54) is 0 Å². The van der Waals surface area contributed by atoms with Crippen molar-refractivity contribution in [3.63, 3.8) is 0 Å². The molecular formula is C19H28N2O4. The summed E-state index contributed by atoms with van der Waals surface area (Å²) in [6.07, 6.45) is 0.868. The summed E-state index contributed by atoms with van der Waals surface area (Å²) < 4.78 is 10.7. The standard InChI is InChI=1S/C19H28N2O4/c1-18(2,3)25-17(23)20-15(14-8-6-5-7-9-14)16(22)21-19(4)10-12-24-13-11-19/h5-9,15H,10-13H2,1-4H3,(H,20,23)(H,21,22). The highest BCUT2D eigenvalue weighted by atomic mass is 16.6. The van der Waals surface area contributed by atoms with Crippen molar-refractivity contribution in [1.82, 2.24) is 10.6 Å². The van der Waals surface area contributed by atoms with Crippen molar-refractivity contribution in [2.24, 2.45) is 0 Å². The molecule has 1 aliphatic heterocycles. The molecule has 1 aromatic carbocycles. The van der Waals surface area contributed by atoms with E-state index in [1.54, 1.807) is 20.8 Å². The van der Waals surface area contributed by atoms with Gasteiger partial charge in [0.2, 0.25) is 5.91 Å². The van der Waals surface area contributed by atoms with Gasteiger partial charge in [0.05, 0.1) is 0 Å². The Morgan fingerprint density at radius 3 is 2.32 bits per heavy atom. The molecule has 0 spiro atoms. The Kier molecular flexibility index (Phi) is 6.06. The van der Waals surface area contributed by atoms with Gasteiger partial charge in [0.25, 0.3) is 0 Å². The first-order valence-electron chi connectivity index (χ1n) is 8.63. The number of alkyl carbamates (subject to hydrolysis) is 1. The zero-order valence-electron chi connectivity index (χ0n) is 15.4. The number of ether oxygens (including phenoxy) is 2. The number of amides is 2. The Hall–Kier alpha value is -2.08. The second-order valence-corrected chi connectivity index (χ2v) is 7.65. The van der Waals surface area contributed by atoms with Gasteiger partial charge in [0.15, 0.2) is 0 Å². The second-order valence-electron chi connectivity index (χ2n) is 7.65. The van der Waals surface area contributed by atoms with Gasteiger partial charge >= 0.3 is 6.09 Å². The van der Waals surface area contributed by atoms with Gasteiger partial charge in [-0.05, 0) is 46.1 Å². The number of benzene rings is 1. The minimum atomic E-state index is -0.810. The van der Waals surface area contributed by atoms with E-state index in [4.69, 9.17) is 9.47 Å². The average Bonchev–Trinajstić information content (AvgIpc) is 2.52. The summed E-state index contributed by atoms with van der Waals surface area (Å²) in [5, 5.41) is 5.76. The third-order valence-electron chi connectivity index (χ3n) is 4.08. The van der Waals surface area contributed by atoms with E-state index in [-0.39, 0.29) is 11.4 Å². The summed E-state index contributed by atoms with van der Waals surface area (Å²) in [7, 11) is 0. The van der Waals surface area contributed by atoms with Gasteiger partial charge < -0.3 is 20.1 Å². The summed E-state index contributed by atoms with van der Waals surface area (Å²) in [5.41, 5.74) is -0.256. The summed E-state index contributed by atoms with van der Waals surface area (Å²) in [6, 6.07) is 8.36. The molecule has 2 N–H and O–H groups in total. The molecule has 1 atom stereocenters. The molecule has 1 heterocycles. The molecule has 0 aliphatic carbocycles. The van der Waals surface area contributed by atoms with Crippen molar-refractivity contribution in [1.29, 1.82) is 0 Å². The fraction of sp³-hybridized carbons (Fsp3) is 0.579. The summed E-state index contributed by atoms with van der Waals surface area (Å²) in [5.74, 6) is -0.249. The van der Waals surface area contributed by atoms with Crippen LogP contribution in [-0.4, -0.2) is 36.4 Å². The maximum Gasteiger partial charge on any atom is 0.408 e. The fourth-order valence-corrected chi connectivity index (χ4v) is 2.69. The Bertz CT molecular complexity index is 589. The Labute approximate surface area is 149 Å². The number of hydrogen-bond acceptors (Lipinski definition) is 4. The van der Waals surface area contributed by atoms with Crippen molar-refractivity contribution in [2.75, 3.05) is 13.2 Å². The number of rotatable bonds is 4. The topological polar surface area (TPSA) is 76.7 Å². The third kappa shape index (κ3) is 6.05. The summed E-state index contributed by atoms with van der Waals surface area (Å²) >= 11 is 0. The predicted octanol–water partition coefficient (Wildman–Crippen LogP) is 2.94. The van der Waals surface area contributed by atoms with Crippen molar-refractivity contribution in [2.45, 2.75) is 57.7 Å². The van der Waals surface area contributed by atoms with Gasteiger partial charge in [-0.2, -0.15) is 0 Å². The molecule has 0 bridgehead atoms. The van der Waals surface area contributed by atoms with Gasteiger partial charge in [0.1, 0.15) is 11.6 Å². The first-order valence-corrected chi connectivity index (χ1v) is 8.63. The van der Waals surface area contributed by atoms with E-state index in [0.29, 0.717) is 18.8 Å². The van der Waals surface area contributed by atoms with Crippen molar-refractivity contribution >= 4 is 12.0 Å². The predicted molar refractivity (Wildman–Crippen MR) is 95.2 cm³/mol. The Morgan fingerprint density at radius 1 is 1.16 bits per heavy atom. The van der Waals surface area contributed by atoms with Crippen LogP contribution >= 0.6 is 0 Å². The minimum absolute atomic E-state index is 0.249. The lowest BCUT2D eigenvalue weighted by atomic mass is 9.91. The van der Waals surface area contributed by atoms with E-state index in [2.05, 4.69) is 10.6 Å². The molecule has 0 saturated carbocycles. The molecule has 2 amide bonds. The smallest absolute Gasteiger partial charge is 0.408 e. The number of carbonyl (C=O) groups excluding carboxylic acids is 2. The molecule has 0 radical (unpaired) electrons. The van der Waals surface area contributed by atoms with Crippen LogP contribution in [0, 0.1) is 0 Å². The fourth-order valence-electron chi connectivity index (χ4n) is 2.69. The quantitative estimate of drug-likeness (QED) is 0.877. The van der Waals surface area contributed by atoms with Gasteiger partial charge in [-0.25, -0.2) is 4.79 Å². The van der Waals surface area contributed by atoms with E-state index < -0.39 is 17.7 Å². The maximum absolute atomic E-state index is 12.9. The highest BCUT2D eigenvalue weighted by molar-refractivity contribution is 5.87. The van der Waals surface area contributed by atoms with Crippen LogP contribution in [-0.2, 0) is 14.3 Å². The largest absolute Gasteiger partial charge is 0.444 e. The lowest BCUT2D eigenvalue weighted by molar-refractivity contribution is -0.126. The van der Waals surface area contributed by atoms with Crippen molar-refractivity contribution < 1.29 is 19.1 Å². The van der Waals surface area contributed by atoms with Gasteiger partial charge in [0, 0.05) is 18.8 Å². The Balaban J connectivity index is 2.13. The molecule has 1 unspecified atom stereocenters. The molecule has 0 aromatic heterocycles. The minimum Gasteiger partial charge on any atom is -0.444 e. The number of carbonyl (C=O) groups is 2. The van der Waals surface area contributed by atoms with E-state index in [1.807, 2.05) is 37.3 Å².